The van der Waals surface area contributed by atoms with E-state index < -0.39 is 16.0 Å². The molecular formula is C14H21N3O4S. The Kier molecular flexibility index (Phi) is 5.73. The van der Waals surface area contributed by atoms with E-state index in [1.807, 2.05) is 0 Å². The molecule has 1 aliphatic rings. The highest BCUT2D eigenvalue weighted by molar-refractivity contribution is 7.89. The Balaban J connectivity index is 1.94. The van der Waals surface area contributed by atoms with E-state index in [-0.39, 0.29) is 11.3 Å². The van der Waals surface area contributed by atoms with Gasteiger partial charge in [0, 0.05) is 32.3 Å². The number of aromatic nitrogens is 1. The molecule has 0 amide bonds. The second kappa shape index (κ2) is 7.55. The van der Waals surface area contributed by atoms with Gasteiger partial charge in [0.1, 0.15) is 10.7 Å². The first kappa shape index (κ1) is 16.7. The van der Waals surface area contributed by atoms with Crippen LogP contribution in [0.4, 0.5) is 5.82 Å². The van der Waals surface area contributed by atoms with Crippen molar-refractivity contribution in [3.8, 4) is 0 Å². The normalized spacial score (nSPS) is 16.4. The molecule has 0 radical (unpaired) electrons. The molecule has 0 unspecified atom stereocenters. The fourth-order valence-electron chi connectivity index (χ4n) is 2.35. The van der Waals surface area contributed by atoms with Crippen molar-refractivity contribution in [2.75, 3.05) is 25.0 Å². The average molecular weight is 327 g/mol. The van der Waals surface area contributed by atoms with E-state index in [0.29, 0.717) is 31.9 Å². The fraction of sp³-hybridized carbons (Fsp3) is 0.571. The summed E-state index contributed by atoms with van der Waals surface area (Å²) < 4.78 is 26.4. The molecule has 2 rings (SSSR count). The van der Waals surface area contributed by atoms with E-state index in [2.05, 4.69) is 10.3 Å². The third kappa shape index (κ3) is 4.41. The molecule has 0 atom stereocenters. The van der Waals surface area contributed by atoms with Gasteiger partial charge in [-0.05, 0) is 31.4 Å². The van der Waals surface area contributed by atoms with Crippen LogP contribution in [0, 0.1) is 0 Å². The predicted molar refractivity (Wildman–Crippen MR) is 82.2 cm³/mol. The smallest absolute Gasteiger partial charge is 0.303 e. The molecule has 22 heavy (non-hydrogen) atoms. The Bertz CT molecular complexity index is 595. The topological polar surface area (TPSA) is 99.6 Å². The lowest BCUT2D eigenvalue weighted by molar-refractivity contribution is -0.137. The zero-order chi connectivity index (χ0) is 16.0. The Hall–Kier alpha value is -1.67. The number of carboxylic acids is 1. The number of nitrogens with one attached hydrogen (secondary N) is 1. The van der Waals surface area contributed by atoms with Crippen LogP contribution < -0.4 is 5.32 Å². The minimum atomic E-state index is -3.45. The maximum atomic E-state index is 12.4. The van der Waals surface area contributed by atoms with Gasteiger partial charge >= 0.3 is 5.97 Å². The van der Waals surface area contributed by atoms with Gasteiger partial charge in [-0.15, -0.1) is 0 Å². The highest BCUT2D eigenvalue weighted by atomic mass is 32.2. The predicted octanol–water partition coefficient (Wildman–Crippen LogP) is 1.53. The van der Waals surface area contributed by atoms with Crippen molar-refractivity contribution in [1.29, 1.82) is 0 Å². The minimum Gasteiger partial charge on any atom is -0.481 e. The van der Waals surface area contributed by atoms with Crippen LogP contribution >= 0.6 is 0 Å². The number of aliphatic carboxylic acids is 1. The standard InChI is InChI=1S/C14H21N3O4S/c18-14(19)5-4-8-15-13-7-6-12(11-16-13)22(20,21)17-9-2-1-3-10-17/h6-7,11H,1-5,8-10H2,(H,15,16)(H,18,19). The first-order valence-corrected chi connectivity index (χ1v) is 8.86. The van der Waals surface area contributed by atoms with E-state index in [1.54, 1.807) is 6.07 Å². The number of sulfonamides is 1. The molecule has 8 heteroatoms. The first-order chi connectivity index (χ1) is 10.5. The number of pyridine rings is 1. The summed E-state index contributed by atoms with van der Waals surface area (Å²) in [4.78, 5) is 14.7. The second-order valence-electron chi connectivity index (χ2n) is 5.27. The maximum Gasteiger partial charge on any atom is 0.303 e. The van der Waals surface area contributed by atoms with E-state index in [0.717, 1.165) is 19.3 Å². The lowest BCUT2D eigenvalue weighted by Crippen LogP contribution is -2.35. The van der Waals surface area contributed by atoms with Crippen LogP contribution in [-0.2, 0) is 14.8 Å². The summed E-state index contributed by atoms with van der Waals surface area (Å²) >= 11 is 0. The zero-order valence-electron chi connectivity index (χ0n) is 12.4. The molecule has 1 aromatic rings. The largest absolute Gasteiger partial charge is 0.481 e. The van der Waals surface area contributed by atoms with Crippen molar-refractivity contribution >= 4 is 21.8 Å². The summed E-state index contributed by atoms with van der Waals surface area (Å²) in [6.07, 6.45) is 4.80. The SMILES string of the molecule is O=C(O)CCCNc1ccc(S(=O)(=O)N2CCCCC2)cn1. The molecule has 1 aliphatic heterocycles. The molecular weight excluding hydrogens is 306 g/mol. The average Bonchev–Trinajstić information content (AvgIpc) is 2.53. The highest BCUT2D eigenvalue weighted by Gasteiger charge is 2.25. The zero-order valence-corrected chi connectivity index (χ0v) is 13.2. The molecule has 2 heterocycles. The van der Waals surface area contributed by atoms with Crippen molar-refractivity contribution < 1.29 is 18.3 Å². The number of anilines is 1. The van der Waals surface area contributed by atoms with Crippen molar-refractivity contribution in [1.82, 2.24) is 9.29 Å². The third-order valence-electron chi connectivity index (χ3n) is 3.56. The van der Waals surface area contributed by atoms with Gasteiger partial charge in [0.2, 0.25) is 10.0 Å². The van der Waals surface area contributed by atoms with E-state index in [1.165, 1.54) is 16.6 Å². The Labute approximate surface area is 130 Å². The number of rotatable bonds is 7. The van der Waals surface area contributed by atoms with Gasteiger partial charge in [0.15, 0.2) is 0 Å². The molecule has 0 spiro atoms. The number of piperidine rings is 1. The molecule has 122 valence electrons. The van der Waals surface area contributed by atoms with Crippen LogP contribution in [0.3, 0.4) is 0 Å². The number of carboxylic acid groups (broad SMARTS) is 1. The van der Waals surface area contributed by atoms with Gasteiger partial charge < -0.3 is 10.4 Å². The van der Waals surface area contributed by atoms with Crippen LogP contribution in [0.5, 0.6) is 0 Å². The Morgan fingerprint density at radius 3 is 2.59 bits per heavy atom. The monoisotopic (exact) mass is 327 g/mol. The van der Waals surface area contributed by atoms with E-state index >= 15 is 0 Å². The lowest BCUT2D eigenvalue weighted by Gasteiger charge is -2.25. The molecule has 0 aromatic carbocycles. The molecule has 1 fully saturated rings. The van der Waals surface area contributed by atoms with Crippen LogP contribution in [0.25, 0.3) is 0 Å². The summed E-state index contributed by atoms with van der Waals surface area (Å²) in [5.41, 5.74) is 0. The van der Waals surface area contributed by atoms with Crippen molar-refractivity contribution in [2.24, 2.45) is 0 Å². The molecule has 0 bridgehead atoms. The van der Waals surface area contributed by atoms with Crippen molar-refractivity contribution in [3.05, 3.63) is 18.3 Å². The number of carbonyl (C=O) groups is 1. The van der Waals surface area contributed by atoms with Crippen molar-refractivity contribution in [3.63, 3.8) is 0 Å². The Morgan fingerprint density at radius 2 is 2.00 bits per heavy atom. The van der Waals surface area contributed by atoms with Gasteiger partial charge in [-0.2, -0.15) is 4.31 Å². The van der Waals surface area contributed by atoms with Crippen LogP contribution in [-0.4, -0.2) is 48.4 Å². The molecule has 2 N–H and O–H groups in total. The fourth-order valence-corrected chi connectivity index (χ4v) is 3.81. The van der Waals surface area contributed by atoms with Crippen LogP contribution in [0.15, 0.2) is 23.2 Å². The first-order valence-electron chi connectivity index (χ1n) is 7.42. The summed E-state index contributed by atoms with van der Waals surface area (Å²) in [5.74, 6) is -0.291. The maximum absolute atomic E-state index is 12.4. The third-order valence-corrected chi connectivity index (χ3v) is 5.44. The van der Waals surface area contributed by atoms with Crippen molar-refractivity contribution in [2.45, 2.75) is 37.0 Å². The van der Waals surface area contributed by atoms with Gasteiger partial charge in [0.05, 0.1) is 0 Å². The molecule has 1 saturated heterocycles. The second-order valence-corrected chi connectivity index (χ2v) is 7.21. The quantitative estimate of drug-likeness (QED) is 0.737. The molecule has 7 nitrogen and oxygen atoms in total. The summed E-state index contributed by atoms with van der Waals surface area (Å²) in [6.45, 7) is 1.62. The lowest BCUT2D eigenvalue weighted by atomic mass is 10.2. The summed E-state index contributed by atoms with van der Waals surface area (Å²) in [7, 11) is -3.45. The number of nitrogens with zero attached hydrogens (tertiary/aromatic N) is 2. The molecule has 1 aromatic heterocycles. The van der Waals surface area contributed by atoms with Gasteiger partial charge in [-0.1, -0.05) is 6.42 Å². The number of hydrogen-bond acceptors (Lipinski definition) is 5. The molecule has 0 saturated carbocycles. The minimum absolute atomic E-state index is 0.0917. The van der Waals surface area contributed by atoms with E-state index in [4.69, 9.17) is 5.11 Å². The highest BCUT2D eigenvalue weighted by Crippen LogP contribution is 2.20. The Morgan fingerprint density at radius 1 is 1.27 bits per heavy atom. The summed E-state index contributed by atoms with van der Waals surface area (Å²) in [6, 6.07) is 3.15. The number of hydrogen-bond donors (Lipinski definition) is 2. The van der Waals surface area contributed by atoms with Crippen LogP contribution in [0.1, 0.15) is 32.1 Å². The van der Waals surface area contributed by atoms with Gasteiger partial charge in [0.25, 0.3) is 0 Å². The van der Waals surface area contributed by atoms with Crippen LogP contribution in [0.2, 0.25) is 0 Å². The molecule has 0 aliphatic carbocycles. The van der Waals surface area contributed by atoms with E-state index in [9.17, 15) is 13.2 Å². The summed E-state index contributed by atoms with van der Waals surface area (Å²) in [5, 5.41) is 11.5. The van der Waals surface area contributed by atoms with Gasteiger partial charge in [-0.3, -0.25) is 4.79 Å². The van der Waals surface area contributed by atoms with Gasteiger partial charge in [-0.25, -0.2) is 13.4 Å².